The second kappa shape index (κ2) is 9.72. The van der Waals surface area contributed by atoms with Gasteiger partial charge in [-0.15, -0.1) is 0 Å². The van der Waals surface area contributed by atoms with Crippen LogP contribution in [0.25, 0.3) is 0 Å². The number of thiol groups is 1. The van der Waals surface area contributed by atoms with Crippen molar-refractivity contribution in [2.75, 3.05) is 20.4 Å². The molecule has 0 spiro atoms. The Morgan fingerprint density at radius 1 is 1.32 bits per heavy atom. The number of piperazine rings is 1. The molecule has 3 saturated heterocycles. The summed E-state index contributed by atoms with van der Waals surface area (Å²) >= 11 is 3.63. The van der Waals surface area contributed by atoms with Gasteiger partial charge in [0.05, 0.1) is 24.8 Å². The molecule has 0 radical (unpaired) electrons. The van der Waals surface area contributed by atoms with Crippen LogP contribution in [0, 0.1) is 32.1 Å². The molecule has 10 heteroatoms. The quantitative estimate of drug-likeness (QED) is 0.387. The van der Waals surface area contributed by atoms with Crippen LogP contribution in [-0.2, 0) is 20.7 Å². The lowest BCUT2D eigenvalue weighted by atomic mass is 9.64. The number of benzene rings is 1. The number of fused-ring (bicyclic) bond motifs is 8. The Bertz CT molecular complexity index is 1360. The van der Waals surface area contributed by atoms with E-state index in [4.69, 9.17) is 17.3 Å². The molecule has 0 saturated carbocycles. The fraction of sp³-hybridized carbons (Fsp3) is 0.571. The number of carbonyl (C=O) groups excluding carboxylic acids is 1. The molecular weight excluding hydrogens is 501 g/mol. The summed E-state index contributed by atoms with van der Waals surface area (Å²) in [6.45, 7) is 9.35. The number of aliphatic hydroxyl groups excluding tert-OH is 1. The van der Waals surface area contributed by atoms with Crippen LogP contribution < -0.4 is 0 Å². The third-order valence-corrected chi connectivity index (χ3v) is 9.26. The number of ketones is 1. The lowest BCUT2D eigenvalue weighted by Crippen LogP contribution is -2.74. The number of Topliss-reactive ketones (excluding diaryl/α,β-unsaturated/α-hetero) is 1. The lowest BCUT2D eigenvalue weighted by molar-refractivity contribution is -0.150. The van der Waals surface area contributed by atoms with Crippen molar-refractivity contribution in [3.05, 3.63) is 56.5 Å². The highest BCUT2D eigenvalue weighted by molar-refractivity contribution is 8.06. The van der Waals surface area contributed by atoms with Crippen molar-refractivity contribution < 1.29 is 24.5 Å². The Kier molecular flexibility index (Phi) is 6.33. The summed E-state index contributed by atoms with van der Waals surface area (Å²) in [5, 5.41) is 27.5. The second-order valence-electron chi connectivity index (χ2n) is 10.9. The van der Waals surface area contributed by atoms with E-state index in [1.807, 2.05) is 7.05 Å². The Hall–Kier alpha value is -2.29. The number of nitriles is 1. The van der Waals surface area contributed by atoms with Gasteiger partial charge < -0.3 is 19.7 Å². The highest BCUT2D eigenvalue weighted by Gasteiger charge is 2.64. The van der Waals surface area contributed by atoms with Gasteiger partial charge in [0.25, 0.3) is 0 Å². The number of carbonyl (C=O) groups is 1. The minimum atomic E-state index is -1.83. The monoisotopic (exact) mass is 540 g/mol. The minimum absolute atomic E-state index is 0.0480. The Balaban J connectivity index is 0.000000758. The van der Waals surface area contributed by atoms with Crippen molar-refractivity contribution in [1.29, 1.82) is 8.03 Å². The topological polar surface area (TPSA) is 106 Å². The average molecular weight is 541 g/mol. The first kappa shape index (κ1) is 24.7. The molecule has 3 fully saturated rings. The molecule has 6 rings (SSSR count). The van der Waals surface area contributed by atoms with Gasteiger partial charge in [-0.25, -0.2) is 12.5 Å². The van der Waals surface area contributed by atoms with Crippen LogP contribution in [0.4, 0.5) is 0 Å². The molecule has 0 aromatic heterocycles. The van der Waals surface area contributed by atoms with E-state index in [1.165, 1.54) is 27.8 Å². The molecule has 1 aromatic carbocycles. The van der Waals surface area contributed by atoms with Gasteiger partial charge in [0.15, 0.2) is 29.4 Å². The SMILES string of the molecule is [2H]B(C)S.[3H]OC[C@H]1C2=C3OCOC3=C(C)C(=O)C2(O)CC2[C@H]3c4c(cc(C)c(C)c4C)C[C@@H]([C@H](C#N)N21)N3C. The van der Waals surface area contributed by atoms with Gasteiger partial charge in [-0.3, -0.25) is 14.6 Å². The molecule has 8 nitrogen and oxygen atoms in total. The molecule has 0 amide bonds. The molecule has 2 bridgehead atoms. The van der Waals surface area contributed by atoms with E-state index in [9.17, 15) is 15.2 Å². The van der Waals surface area contributed by atoms with Crippen molar-refractivity contribution in [3.63, 3.8) is 0 Å². The smallest absolute Gasteiger partial charge is 0.231 e. The summed E-state index contributed by atoms with van der Waals surface area (Å²) in [6.07, 6.45) is 0.831. The summed E-state index contributed by atoms with van der Waals surface area (Å²) in [4.78, 5) is 18.1. The first-order valence-electron chi connectivity index (χ1n) is 14.0. The maximum absolute atomic E-state index is 13.7. The van der Waals surface area contributed by atoms with Crippen LogP contribution in [0.5, 0.6) is 0 Å². The molecule has 6 atom stereocenters. The highest BCUT2D eigenvalue weighted by atomic mass is 32.1. The molecular formula is C28H36BN3O5S. The van der Waals surface area contributed by atoms with Gasteiger partial charge in [-0.05, 0) is 70.3 Å². The fourth-order valence-corrected chi connectivity index (χ4v) is 7.44. The van der Waals surface area contributed by atoms with Gasteiger partial charge in [0.2, 0.25) is 8.22 Å². The number of aryl methyl sites for hydroxylation is 1. The Labute approximate surface area is 233 Å². The van der Waals surface area contributed by atoms with Gasteiger partial charge >= 0.3 is 0 Å². The predicted octanol–water partition coefficient (Wildman–Crippen LogP) is 2.01. The molecule has 38 heavy (non-hydrogen) atoms. The van der Waals surface area contributed by atoms with E-state index in [-0.39, 0.29) is 44.5 Å². The highest BCUT2D eigenvalue weighted by Crippen LogP contribution is 2.54. The van der Waals surface area contributed by atoms with Crippen LogP contribution >= 0.6 is 12.5 Å². The molecule has 202 valence electrons. The zero-order valence-electron chi connectivity index (χ0n) is 24.7. The third kappa shape index (κ3) is 3.56. The zero-order valence-corrected chi connectivity index (χ0v) is 23.6. The maximum atomic E-state index is 13.7. The number of rotatable bonds is 2. The summed E-state index contributed by atoms with van der Waals surface area (Å²) in [5.41, 5.74) is 4.96. The van der Waals surface area contributed by atoms with Crippen LogP contribution in [-0.4, -0.2) is 85.3 Å². The number of hydrogen-bond acceptors (Lipinski definition) is 9. The van der Waals surface area contributed by atoms with Crippen molar-refractivity contribution in [2.45, 2.75) is 83.2 Å². The Morgan fingerprint density at radius 2 is 2.00 bits per heavy atom. The molecule has 4 aliphatic heterocycles. The molecule has 1 aromatic rings. The number of piperidine rings is 1. The van der Waals surface area contributed by atoms with Crippen molar-refractivity contribution >= 4 is 24.8 Å². The van der Waals surface area contributed by atoms with Crippen molar-refractivity contribution in [2.24, 2.45) is 0 Å². The van der Waals surface area contributed by atoms with Gasteiger partial charge in [-0.2, -0.15) is 5.26 Å². The molecule has 2 N–H and O–H groups in total. The number of likely N-dealkylation sites (N-methyl/N-ethyl adjacent to an activating group) is 1. The Morgan fingerprint density at radius 3 is 2.66 bits per heavy atom. The normalized spacial score (nSPS) is 34.3. The van der Waals surface area contributed by atoms with Gasteiger partial charge in [-0.1, -0.05) is 12.9 Å². The zero-order chi connectivity index (χ0) is 29.3. The minimum Gasteiger partial charge on any atom is -0.453 e. The number of aliphatic hydroxyl groups is 2. The number of hydrogen-bond donors (Lipinski definition) is 3. The van der Waals surface area contributed by atoms with Crippen molar-refractivity contribution in [3.8, 4) is 6.07 Å². The van der Waals surface area contributed by atoms with E-state index in [1.54, 1.807) is 13.7 Å². The van der Waals surface area contributed by atoms with E-state index in [0.29, 0.717) is 22.7 Å². The molecule has 1 aliphatic carbocycles. The standard InChI is InChI=1S/C27H31N3O5.CH5BS/c1-12-6-16-7-17-19(9-28)30-18(23(29(17)5)21(16)14(3)13(12)2)8-27(33)22(20(30)10-31)25-24(34-11-35-25)15(4)26(27)32;1-2-3/h6,17-20,23,31,33H,7-8,10-11H2,1-5H3;2-3H,1H3/t17-,18?,19-,20-,23-,27?;/m0./s1/i31T;2D. The lowest BCUT2D eigenvalue weighted by Gasteiger charge is -2.62. The van der Waals surface area contributed by atoms with Crippen molar-refractivity contribution in [1.82, 2.24) is 9.80 Å². The van der Waals surface area contributed by atoms with E-state index < -0.39 is 23.5 Å². The first-order chi connectivity index (χ1) is 18.9. The summed E-state index contributed by atoms with van der Waals surface area (Å²) in [7, 11) is 2.04. The third-order valence-electron chi connectivity index (χ3n) is 9.26. The summed E-state index contributed by atoms with van der Waals surface area (Å²) in [6, 6.07) is 2.97. The molecule has 5 aliphatic rings. The van der Waals surface area contributed by atoms with Crippen LogP contribution in [0.1, 0.15) is 47.2 Å². The number of nitrogens with zero attached hydrogens (tertiary/aromatic N) is 3. The fourth-order valence-electron chi connectivity index (χ4n) is 7.44. The largest absolute Gasteiger partial charge is 0.453 e. The second-order valence-corrected chi connectivity index (χ2v) is 11.4. The predicted molar refractivity (Wildman–Crippen MR) is 148 cm³/mol. The van der Waals surface area contributed by atoms with Crippen LogP contribution in [0.3, 0.4) is 0 Å². The summed E-state index contributed by atoms with van der Waals surface area (Å²) in [5.74, 6) is 0.268. The van der Waals surface area contributed by atoms with Crippen LogP contribution in [0.15, 0.2) is 28.7 Å². The molecule has 2 unspecified atom stereocenters. The van der Waals surface area contributed by atoms with E-state index in [0.717, 1.165) is 6.42 Å². The first-order valence-corrected chi connectivity index (χ1v) is 13.6. The van der Waals surface area contributed by atoms with E-state index in [2.05, 4.69) is 55.2 Å². The van der Waals surface area contributed by atoms with Crippen LogP contribution in [0.2, 0.25) is 6.82 Å². The van der Waals surface area contributed by atoms with Gasteiger partial charge in [0, 0.05) is 29.7 Å². The average Bonchev–Trinajstić information content (AvgIpc) is 3.37. The van der Waals surface area contributed by atoms with Gasteiger partial charge in [0.1, 0.15) is 6.04 Å². The van der Waals surface area contributed by atoms with E-state index >= 15 is 0 Å². The maximum Gasteiger partial charge on any atom is 0.231 e. The number of ether oxygens (including phenoxy) is 2. The molecule has 4 heterocycles. The summed E-state index contributed by atoms with van der Waals surface area (Å²) < 4.78 is 25.5.